The summed E-state index contributed by atoms with van der Waals surface area (Å²) in [7, 11) is 0. The van der Waals surface area contributed by atoms with E-state index in [2.05, 4.69) is 53.5 Å². The van der Waals surface area contributed by atoms with E-state index >= 15 is 0 Å². The van der Waals surface area contributed by atoms with Crippen LogP contribution in [0, 0.1) is 50.7 Å². The number of hydrogen-bond donors (Lipinski definition) is 2. The largest absolute Gasteiger partial charge is 0.460 e. The quantitative estimate of drug-likeness (QED) is 0.0586. The molecule has 3 aliphatic rings. The van der Waals surface area contributed by atoms with E-state index in [0.29, 0.717) is 73.4 Å². The number of nitrogens with one attached hydrogen (secondary N) is 1. The smallest absolute Gasteiger partial charge is 0.323 e. The second kappa shape index (κ2) is 29.2. The van der Waals surface area contributed by atoms with Gasteiger partial charge in [0, 0.05) is 32.4 Å². The summed E-state index contributed by atoms with van der Waals surface area (Å²) in [5.74, 6) is -2.07. The molecule has 1 saturated carbocycles. The number of ether oxygens (including phenoxy) is 3. The van der Waals surface area contributed by atoms with Crippen LogP contribution in [-0.2, 0) is 28.6 Å². The van der Waals surface area contributed by atoms with Crippen LogP contribution >= 0.6 is 55.9 Å². The number of nitrogens with zero attached hydrogens (tertiary/aromatic N) is 6. The summed E-state index contributed by atoms with van der Waals surface area (Å²) in [4.78, 5) is 59.9. The lowest BCUT2D eigenvalue weighted by Crippen LogP contribution is -2.39. The zero-order chi connectivity index (χ0) is 52.4. The normalized spacial score (nSPS) is 15.6. The number of anilines is 3. The van der Waals surface area contributed by atoms with Crippen LogP contribution in [-0.4, -0.2) is 87.5 Å². The second-order valence-corrected chi connectivity index (χ2v) is 21.3. The Balaban J connectivity index is 0.000000472. The average molecular weight is 1160 g/mol. The van der Waals surface area contributed by atoms with E-state index in [0.717, 1.165) is 25.2 Å². The number of halogens is 7. The lowest BCUT2D eigenvalue weighted by Gasteiger charge is -2.34. The third-order valence-electron chi connectivity index (χ3n) is 10.3. The number of esters is 3. The second-order valence-electron chi connectivity index (χ2n) is 19.3. The van der Waals surface area contributed by atoms with Gasteiger partial charge < -0.3 is 35.2 Å². The highest BCUT2D eigenvalue weighted by Gasteiger charge is 2.32. The minimum absolute atomic E-state index is 0. The molecule has 0 bridgehead atoms. The third kappa shape index (κ3) is 21.6. The molecule has 16 nitrogen and oxygen atoms in total. The molecule has 6 rings (SSSR count). The van der Waals surface area contributed by atoms with Gasteiger partial charge in [-0.05, 0) is 139 Å². The van der Waals surface area contributed by atoms with Gasteiger partial charge in [-0.25, -0.2) is 18.2 Å². The van der Waals surface area contributed by atoms with Crippen LogP contribution in [0.1, 0.15) is 120 Å². The van der Waals surface area contributed by atoms with Gasteiger partial charge in [-0.15, -0.1) is 12.4 Å². The van der Waals surface area contributed by atoms with Crippen molar-refractivity contribution >= 4 is 103 Å². The number of nitrogens with two attached hydrogens (primary N) is 1. The van der Waals surface area contributed by atoms with Crippen molar-refractivity contribution in [3.8, 4) is 0 Å². The van der Waals surface area contributed by atoms with Crippen molar-refractivity contribution in [3.63, 3.8) is 0 Å². The molecule has 0 spiro atoms. The number of carbonyl (C=O) groups excluding carboxylic acids is 3. The summed E-state index contributed by atoms with van der Waals surface area (Å²) in [6, 6.07) is 0. The van der Waals surface area contributed by atoms with Gasteiger partial charge in [0.25, 0.3) is 0 Å². The van der Waals surface area contributed by atoms with Gasteiger partial charge in [0.05, 0.1) is 69.0 Å². The number of nitrogen functional groups attached to an aromatic ring is 1. The molecule has 0 unspecified atom stereocenters. The minimum atomic E-state index is -0.911. The Morgan fingerprint density at radius 3 is 1.41 bits per heavy atom. The standard InChI is InChI=1S/C15H20BrFN2O2.C15H22FN3O2.C11H20O2.C5HBrClFN2O2.CH3N.ClH/c2*1-15(2,3)21-14(20)10-4-6-19(7-5-10)13-11(16)8-18-9-12(13)17;1-11(2,3)13-10(12)9-7-5-4-6-8-9;6-5-4(10(11)12)3(7)2(8)1-9-5;1-2;/h8-10H,4-7H2,1-3H3;8-10H,4-7,17H2,1-3H3;9H,4-8H2,1-3H3;1H;2H,1H2;1H. The lowest BCUT2D eigenvalue weighted by molar-refractivity contribution is -0.386. The molecule has 2 aliphatic heterocycles. The molecule has 392 valence electrons. The summed E-state index contributed by atoms with van der Waals surface area (Å²) in [6.45, 7) is 21.8. The minimum Gasteiger partial charge on any atom is -0.460 e. The van der Waals surface area contributed by atoms with Crippen LogP contribution in [0.3, 0.4) is 0 Å². The fourth-order valence-electron chi connectivity index (χ4n) is 7.24. The van der Waals surface area contributed by atoms with E-state index in [-0.39, 0.29) is 64.1 Å². The summed E-state index contributed by atoms with van der Waals surface area (Å²) < 4.78 is 57.0. The molecule has 3 aromatic heterocycles. The van der Waals surface area contributed by atoms with Crippen molar-refractivity contribution in [2.45, 2.75) is 137 Å². The maximum atomic E-state index is 13.9. The van der Waals surface area contributed by atoms with E-state index in [4.69, 9.17) is 37.0 Å². The molecule has 3 aromatic rings. The van der Waals surface area contributed by atoms with Crippen molar-refractivity contribution in [2.75, 3.05) is 41.7 Å². The van der Waals surface area contributed by atoms with Gasteiger partial charge >= 0.3 is 23.6 Å². The molecular formula is C47H67Br2Cl2F3N8O8. The first-order valence-corrected chi connectivity index (χ1v) is 24.4. The number of hydrogen-bond acceptors (Lipinski definition) is 15. The SMILES string of the molecule is C=N.CC(C)(C)OC(=O)C1CCCCC1.CC(C)(C)OC(=O)C1CCN(c2c(F)cncc2Br)CC1.CC(C)(C)OC(=O)C1CCN(c2c(N)cncc2F)CC1.Cl.O=[N+]([O-])c1c(Br)ncc(F)c1Cl. The predicted molar refractivity (Wildman–Crippen MR) is 275 cm³/mol. The number of aromatic nitrogens is 3. The molecule has 0 amide bonds. The summed E-state index contributed by atoms with van der Waals surface area (Å²) in [5, 5.41) is 15.2. The van der Waals surface area contributed by atoms with Gasteiger partial charge in [0.15, 0.2) is 27.1 Å². The van der Waals surface area contributed by atoms with Crippen molar-refractivity contribution in [1.82, 2.24) is 15.0 Å². The third-order valence-corrected chi connectivity index (χ3v) is 11.8. The van der Waals surface area contributed by atoms with Crippen LogP contribution in [0.5, 0.6) is 0 Å². The van der Waals surface area contributed by atoms with E-state index < -0.39 is 38.5 Å². The Morgan fingerprint density at radius 2 is 1.06 bits per heavy atom. The molecule has 3 N–H and O–H groups in total. The fraction of sp³-hybridized carbons (Fsp3) is 0.596. The highest BCUT2D eigenvalue weighted by atomic mass is 79.9. The van der Waals surface area contributed by atoms with E-state index in [9.17, 15) is 37.7 Å². The Hall–Kier alpha value is -4.34. The molecule has 1 aliphatic carbocycles. The molecular weight excluding hydrogens is 1090 g/mol. The van der Waals surface area contributed by atoms with Crippen molar-refractivity contribution in [2.24, 2.45) is 17.8 Å². The highest BCUT2D eigenvalue weighted by Crippen LogP contribution is 2.35. The van der Waals surface area contributed by atoms with Gasteiger partial charge in [0.2, 0.25) is 0 Å². The molecule has 5 heterocycles. The van der Waals surface area contributed by atoms with Crippen molar-refractivity contribution in [3.05, 3.63) is 72.6 Å². The lowest BCUT2D eigenvalue weighted by atomic mass is 9.89. The first kappa shape index (κ1) is 63.7. The van der Waals surface area contributed by atoms with Crippen LogP contribution in [0.2, 0.25) is 5.02 Å². The average Bonchev–Trinajstić information content (AvgIpc) is 3.25. The van der Waals surface area contributed by atoms with E-state index in [1.807, 2.05) is 72.1 Å². The molecule has 0 aromatic carbocycles. The zero-order valence-corrected chi connectivity index (χ0v) is 46.0. The first-order valence-electron chi connectivity index (χ1n) is 22.4. The Morgan fingerprint density at radius 1 is 0.686 bits per heavy atom. The van der Waals surface area contributed by atoms with Crippen molar-refractivity contribution < 1.29 is 46.7 Å². The van der Waals surface area contributed by atoms with Crippen LogP contribution in [0.15, 0.2) is 40.1 Å². The maximum Gasteiger partial charge on any atom is 0.323 e. The van der Waals surface area contributed by atoms with Gasteiger partial charge in [-0.2, -0.15) is 0 Å². The summed E-state index contributed by atoms with van der Waals surface area (Å²) in [6.07, 6.45) is 14.5. The Labute approximate surface area is 437 Å². The Kier molecular flexibility index (Phi) is 26.6. The number of piperidine rings is 2. The van der Waals surface area contributed by atoms with E-state index in [1.54, 1.807) is 6.20 Å². The highest BCUT2D eigenvalue weighted by molar-refractivity contribution is 9.10. The topological polar surface area (TPSA) is 217 Å². The van der Waals surface area contributed by atoms with Crippen LogP contribution < -0.4 is 15.5 Å². The van der Waals surface area contributed by atoms with Crippen molar-refractivity contribution in [1.29, 1.82) is 5.41 Å². The summed E-state index contributed by atoms with van der Waals surface area (Å²) >= 11 is 11.4. The molecule has 0 atom stereocenters. The number of pyridine rings is 3. The molecule has 23 heteroatoms. The fourth-order valence-corrected chi connectivity index (χ4v) is 8.57. The number of nitro groups is 1. The monoisotopic (exact) mass is 1160 g/mol. The van der Waals surface area contributed by atoms with Gasteiger partial charge in [-0.1, -0.05) is 30.9 Å². The van der Waals surface area contributed by atoms with Gasteiger partial charge in [0.1, 0.15) is 16.8 Å². The maximum absolute atomic E-state index is 13.9. The molecule has 70 heavy (non-hydrogen) atoms. The molecule has 0 radical (unpaired) electrons. The zero-order valence-electron chi connectivity index (χ0n) is 41.2. The first-order chi connectivity index (χ1) is 32.1. The van der Waals surface area contributed by atoms with Gasteiger partial charge in [-0.3, -0.25) is 34.5 Å². The number of rotatable bonds is 6. The van der Waals surface area contributed by atoms with E-state index in [1.165, 1.54) is 31.7 Å². The number of carbonyl (C=O) groups is 3. The predicted octanol–water partition coefficient (Wildman–Crippen LogP) is 12.0. The molecule has 3 fully saturated rings. The Bertz CT molecular complexity index is 2040. The molecule has 2 saturated heterocycles. The van der Waals surface area contributed by atoms with Crippen LogP contribution in [0.25, 0.3) is 0 Å². The summed E-state index contributed by atoms with van der Waals surface area (Å²) in [5.41, 5.74) is 5.20. The van der Waals surface area contributed by atoms with Crippen LogP contribution in [0.4, 0.5) is 35.9 Å².